The van der Waals surface area contributed by atoms with Gasteiger partial charge in [-0.1, -0.05) is 6.07 Å². The first-order chi connectivity index (χ1) is 8.52. The molecule has 1 amide bonds. The maximum absolute atomic E-state index is 11.9. The Morgan fingerprint density at radius 3 is 2.78 bits per heavy atom. The largest absolute Gasteiger partial charge is 0.383 e. The number of nitrogens with one attached hydrogen (secondary N) is 1. The zero-order valence-electron chi connectivity index (χ0n) is 10.1. The third-order valence-electron chi connectivity index (χ3n) is 2.59. The fraction of sp³-hybridized carbons (Fsp3) is 0.167. The first kappa shape index (κ1) is 12.5. The van der Waals surface area contributed by atoms with E-state index >= 15 is 0 Å². The van der Waals surface area contributed by atoms with Crippen molar-refractivity contribution in [2.75, 3.05) is 14.2 Å². The summed E-state index contributed by atoms with van der Waals surface area (Å²) in [7, 11) is 3.00. The molecule has 94 valence electrons. The van der Waals surface area contributed by atoms with Gasteiger partial charge in [0.15, 0.2) is 0 Å². The van der Waals surface area contributed by atoms with Gasteiger partial charge in [0.1, 0.15) is 5.84 Å². The van der Waals surface area contributed by atoms with Gasteiger partial charge < -0.3 is 5.73 Å². The summed E-state index contributed by atoms with van der Waals surface area (Å²) in [5.41, 5.74) is 5.99. The Balaban J connectivity index is 2.44. The molecule has 1 heterocycles. The average molecular weight is 263 g/mol. The highest BCUT2D eigenvalue weighted by atomic mass is 32.1. The van der Waals surface area contributed by atoms with Crippen LogP contribution in [0.25, 0.3) is 10.1 Å². The lowest BCUT2D eigenvalue weighted by Crippen LogP contribution is -2.25. The Morgan fingerprint density at radius 2 is 2.17 bits per heavy atom. The number of amides is 1. The first-order valence-electron chi connectivity index (χ1n) is 5.23. The van der Waals surface area contributed by atoms with E-state index in [1.54, 1.807) is 19.2 Å². The number of carbonyl (C=O) groups excluding carboxylic acids is 1. The van der Waals surface area contributed by atoms with Crippen LogP contribution in [0.15, 0.2) is 24.3 Å². The summed E-state index contributed by atoms with van der Waals surface area (Å²) in [5, 5.41) is 9.54. The number of hydrogen-bond donors (Lipinski definition) is 2. The average Bonchev–Trinajstić information content (AvgIpc) is 2.79. The van der Waals surface area contributed by atoms with Crippen molar-refractivity contribution in [3.63, 3.8) is 0 Å². The van der Waals surface area contributed by atoms with Crippen LogP contribution in [0.4, 0.5) is 0 Å². The highest BCUT2D eigenvalue weighted by Crippen LogP contribution is 2.26. The van der Waals surface area contributed by atoms with Crippen LogP contribution in [0, 0.1) is 5.41 Å². The summed E-state index contributed by atoms with van der Waals surface area (Å²) < 4.78 is 0.926. The molecular formula is C12H13N3O2S. The van der Waals surface area contributed by atoms with Gasteiger partial charge in [0, 0.05) is 17.3 Å². The lowest BCUT2D eigenvalue weighted by atomic mass is 10.1. The highest BCUT2D eigenvalue weighted by Gasteiger charge is 2.13. The van der Waals surface area contributed by atoms with E-state index in [1.807, 2.05) is 12.1 Å². The number of nitrogens with two attached hydrogens (primary N) is 1. The highest BCUT2D eigenvalue weighted by molar-refractivity contribution is 7.20. The van der Waals surface area contributed by atoms with Crippen LogP contribution in [0.5, 0.6) is 0 Å². The Morgan fingerprint density at radius 1 is 1.44 bits per heavy atom. The van der Waals surface area contributed by atoms with Crippen molar-refractivity contribution in [2.45, 2.75) is 0 Å². The zero-order chi connectivity index (χ0) is 13.3. The van der Waals surface area contributed by atoms with Crippen molar-refractivity contribution in [1.82, 2.24) is 5.06 Å². The van der Waals surface area contributed by atoms with Crippen LogP contribution in [0.2, 0.25) is 0 Å². The summed E-state index contributed by atoms with van der Waals surface area (Å²) in [6, 6.07) is 7.20. The molecule has 2 rings (SSSR count). The summed E-state index contributed by atoms with van der Waals surface area (Å²) in [6.45, 7) is 0. The normalized spacial score (nSPS) is 10.6. The van der Waals surface area contributed by atoms with Gasteiger partial charge in [-0.2, -0.15) is 0 Å². The number of carbonyl (C=O) groups is 1. The number of rotatable bonds is 3. The van der Waals surface area contributed by atoms with Crippen molar-refractivity contribution in [2.24, 2.45) is 5.73 Å². The van der Waals surface area contributed by atoms with Crippen LogP contribution in [-0.2, 0) is 4.84 Å². The van der Waals surface area contributed by atoms with E-state index in [2.05, 4.69) is 0 Å². The van der Waals surface area contributed by atoms with Gasteiger partial charge >= 0.3 is 0 Å². The van der Waals surface area contributed by atoms with Gasteiger partial charge in [-0.05, 0) is 23.6 Å². The minimum atomic E-state index is -0.211. The van der Waals surface area contributed by atoms with E-state index in [1.165, 1.54) is 23.5 Å². The van der Waals surface area contributed by atoms with Gasteiger partial charge in [0.05, 0.1) is 12.0 Å². The molecule has 0 aliphatic rings. The third-order valence-corrected chi connectivity index (χ3v) is 3.72. The Hall–Kier alpha value is -1.92. The molecule has 1 aromatic heterocycles. The molecule has 2 aromatic rings. The minimum Gasteiger partial charge on any atom is -0.383 e. The first-order valence-corrected chi connectivity index (χ1v) is 6.04. The monoisotopic (exact) mass is 263 g/mol. The lowest BCUT2D eigenvalue weighted by molar-refractivity contribution is -0.0756. The SMILES string of the molecule is CON(C)C(=O)c1ccc2cc(C(=N)N)sc2c1. The number of fused-ring (bicyclic) bond motifs is 1. The van der Waals surface area contributed by atoms with Gasteiger partial charge in [0.2, 0.25) is 0 Å². The summed E-state index contributed by atoms with van der Waals surface area (Å²) in [4.78, 5) is 17.5. The number of nitrogens with zero attached hydrogens (tertiary/aromatic N) is 1. The van der Waals surface area contributed by atoms with E-state index in [4.69, 9.17) is 16.0 Å². The van der Waals surface area contributed by atoms with Crippen LogP contribution >= 0.6 is 11.3 Å². The number of thiophene rings is 1. The third kappa shape index (κ3) is 2.20. The number of amidine groups is 1. The number of benzene rings is 1. The molecule has 0 unspecified atom stereocenters. The van der Waals surface area contributed by atoms with Crippen LogP contribution < -0.4 is 5.73 Å². The second kappa shape index (κ2) is 4.75. The number of hydroxylamine groups is 2. The maximum atomic E-state index is 11.9. The topological polar surface area (TPSA) is 79.4 Å². The summed E-state index contributed by atoms with van der Waals surface area (Å²) in [5.74, 6) is -0.171. The van der Waals surface area contributed by atoms with Gasteiger partial charge in [0.25, 0.3) is 5.91 Å². The Labute approximate surface area is 108 Å². The Bertz CT molecular complexity index is 621. The van der Waals surface area contributed by atoms with Crippen molar-refractivity contribution in [3.05, 3.63) is 34.7 Å². The molecule has 0 bridgehead atoms. The summed E-state index contributed by atoms with van der Waals surface area (Å²) in [6.07, 6.45) is 0. The molecule has 5 nitrogen and oxygen atoms in total. The molecule has 0 fully saturated rings. The predicted octanol–water partition coefficient (Wildman–Crippen LogP) is 1.82. The van der Waals surface area contributed by atoms with Crippen LogP contribution in [-0.4, -0.2) is 31.0 Å². The quantitative estimate of drug-likeness (QED) is 0.503. The maximum Gasteiger partial charge on any atom is 0.277 e. The van der Waals surface area contributed by atoms with E-state index in [0.717, 1.165) is 10.1 Å². The molecule has 0 radical (unpaired) electrons. The van der Waals surface area contributed by atoms with Crippen molar-refractivity contribution in [3.8, 4) is 0 Å². The minimum absolute atomic E-state index is 0.0399. The molecule has 0 aliphatic heterocycles. The number of nitrogen functional groups attached to an aromatic ring is 1. The van der Waals surface area contributed by atoms with Crippen LogP contribution in [0.1, 0.15) is 15.2 Å². The number of hydrogen-bond acceptors (Lipinski definition) is 4. The molecule has 18 heavy (non-hydrogen) atoms. The van der Waals surface area contributed by atoms with E-state index in [0.29, 0.717) is 10.4 Å². The molecule has 0 spiro atoms. The molecule has 0 aliphatic carbocycles. The summed E-state index contributed by atoms with van der Waals surface area (Å²) >= 11 is 1.40. The van der Waals surface area contributed by atoms with E-state index < -0.39 is 0 Å². The molecule has 0 saturated carbocycles. The fourth-order valence-electron chi connectivity index (χ4n) is 1.56. The standard InChI is InChI=1S/C12H13N3O2S/c1-15(17-2)12(16)8-4-3-7-5-10(11(13)14)18-9(7)6-8/h3-6H,1-2H3,(H3,13,14). The second-order valence-corrected chi connectivity index (χ2v) is 4.85. The molecule has 1 aromatic carbocycles. The second-order valence-electron chi connectivity index (χ2n) is 3.76. The fourth-order valence-corrected chi connectivity index (χ4v) is 2.53. The Kier molecular flexibility index (Phi) is 3.31. The van der Waals surface area contributed by atoms with E-state index in [9.17, 15) is 4.79 Å². The van der Waals surface area contributed by atoms with Crippen LogP contribution in [0.3, 0.4) is 0 Å². The zero-order valence-corrected chi connectivity index (χ0v) is 10.9. The van der Waals surface area contributed by atoms with Gasteiger partial charge in [-0.15, -0.1) is 11.3 Å². The van der Waals surface area contributed by atoms with Crippen molar-refractivity contribution in [1.29, 1.82) is 5.41 Å². The lowest BCUT2D eigenvalue weighted by Gasteiger charge is -2.13. The molecular weight excluding hydrogens is 250 g/mol. The van der Waals surface area contributed by atoms with Crippen molar-refractivity contribution >= 4 is 33.2 Å². The van der Waals surface area contributed by atoms with Gasteiger partial charge in [-0.3, -0.25) is 15.0 Å². The molecule has 6 heteroatoms. The molecule has 3 N–H and O–H groups in total. The smallest absolute Gasteiger partial charge is 0.277 e. The van der Waals surface area contributed by atoms with Gasteiger partial charge in [-0.25, -0.2) is 5.06 Å². The van der Waals surface area contributed by atoms with E-state index in [-0.39, 0.29) is 11.7 Å². The predicted molar refractivity (Wildman–Crippen MR) is 71.9 cm³/mol. The van der Waals surface area contributed by atoms with Crippen molar-refractivity contribution < 1.29 is 9.63 Å². The molecule has 0 saturated heterocycles. The molecule has 0 atom stereocenters.